The fourth-order valence-electron chi connectivity index (χ4n) is 2.35. The molecule has 3 rings (SSSR count). The average Bonchev–Trinajstić information content (AvgIpc) is 2.73. The van der Waals surface area contributed by atoms with E-state index >= 15 is 0 Å². The lowest BCUT2D eigenvalue weighted by Gasteiger charge is -2.12. The number of nitrogens with zero attached hydrogens (tertiary/aromatic N) is 3. The first kappa shape index (κ1) is 18.1. The molecule has 0 atom stereocenters. The Morgan fingerprint density at radius 1 is 1.07 bits per heavy atom. The maximum absolute atomic E-state index is 12.2. The second kappa shape index (κ2) is 8.61. The van der Waals surface area contributed by atoms with Crippen molar-refractivity contribution < 1.29 is 14.3 Å². The number of aromatic nitrogens is 3. The van der Waals surface area contributed by atoms with Gasteiger partial charge in [-0.15, -0.1) is 10.2 Å². The quantitative estimate of drug-likeness (QED) is 0.664. The highest BCUT2D eigenvalue weighted by Crippen LogP contribution is 2.30. The third kappa shape index (κ3) is 4.69. The first-order chi connectivity index (χ1) is 13.2. The van der Waals surface area contributed by atoms with Gasteiger partial charge in [0.05, 0.1) is 19.9 Å². The molecule has 0 aliphatic rings. The predicted octanol–water partition coefficient (Wildman–Crippen LogP) is 2.56. The van der Waals surface area contributed by atoms with Gasteiger partial charge in [0, 0.05) is 25.0 Å². The molecule has 0 aliphatic heterocycles. The molecule has 0 fully saturated rings. The summed E-state index contributed by atoms with van der Waals surface area (Å²) in [6, 6.07) is 12.3. The van der Waals surface area contributed by atoms with E-state index < -0.39 is 0 Å². The minimum atomic E-state index is -0.308. The fraction of sp³-hybridized carbons (Fsp3) is 0.158. The van der Waals surface area contributed by atoms with Crippen molar-refractivity contribution in [2.24, 2.45) is 0 Å². The average molecular weight is 365 g/mol. The number of carbonyl (C=O) groups is 1. The topological polar surface area (TPSA) is 98.3 Å². The summed E-state index contributed by atoms with van der Waals surface area (Å²) in [6.45, 7) is 0.370. The van der Waals surface area contributed by atoms with Crippen LogP contribution in [0.15, 0.2) is 54.9 Å². The van der Waals surface area contributed by atoms with Crippen molar-refractivity contribution in [3.8, 4) is 11.5 Å². The number of ether oxygens (including phenoxy) is 2. The lowest BCUT2D eigenvalue weighted by molar-refractivity contribution is 0.0945. The van der Waals surface area contributed by atoms with Crippen molar-refractivity contribution in [2.45, 2.75) is 6.54 Å². The molecule has 1 aromatic carbocycles. The summed E-state index contributed by atoms with van der Waals surface area (Å²) in [5, 5.41) is 13.9. The lowest BCUT2D eigenvalue weighted by atomic mass is 10.2. The van der Waals surface area contributed by atoms with Crippen LogP contribution in [0.1, 0.15) is 16.1 Å². The largest absolute Gasteiger partial charge is 0.497 e. The minimum Gasteiger partial charge on any atom is -0.497 e. The van der Waals surface area contributed by atoms with Crippen LogP contribution in [0.3, 0.4) is 0 Å². The normalized spacial score (nSPS) is 10.1. The van der Waals surface area contributed by atoms with Gasteiger partial charge >= 0.3 is 0 Å². The smallest absolute Gasteiger partial charge is 0.272 e. The molecule has 138 valence electrons. The molecule has 1 amide bonds. The predicted molar refractivity (Wildman–Crippen MR) is 100 cm³/mol. The Bertz CT molecular complexity index is 901. The zero-order valence-corrected chi connectivity index (χ0v) is 15.0. The van der Waals surface area contributed by atoms with E-state index in [0.717, 1.165) is 5.56 Å². The summed E-state index contributed by atoms with van der Waals surface area (Å²) < 4.78 is 10.5. The SMILES string of the molecule is COc1ccc(OC)c(Nc2ccc(C(=O)NCc3cccnc3)nn2)c1. The van der Waals surface area contributed by atoms with Gasteiger partial charge in [-0.1, -0.05) is 6.07 Å². The molecular formula is C19H19N5O3. The Hall–Kier alpha value is -3.68. The number of pyridine rings is 1. The molecule has 3 aromatic rings. The zero-order valence-electron chi connectivity index (χ0n) is 15.0. The third-order valence-electron chi connectivity index (χ3n) is 3.74. The molecule has 2 heterocycles. The highest BCUT2D eigenvalue weighted by Gasteiger charge is 2.10. The van der Waals surface area contributed by atoms with Crippen molar-refractivity contribution in [3.05, 3.63) is 66.1 Å². The van der Waals surface area contributed by atoms with Gasteiger partial charge in [-0.25, -0.2) is 0 Å². The molecule has 0 spiro atoms. The van der Waals surface area contributed by atoms with Crippen molar-refractivity contribution in [3.63, 3.8) is 0 Å². The Morgan fingerprint density at radius 2 is 1.96 bits per heavy atom. The summed E-state index contributed by atoms with van der Waals surface area (Å²) in [7, 11) is 3.17. The van der Waals surface area contributed by atoms with Gasteiger partial charge in [0.15, 0.2) is 11.5 Å². The van der Waals surface area contributed by atoms with Crippen LogP contribution in [0, 0.1) is 0 Å². The summed E-state index contributed by atoms with van der Waals surface area (Å²) in [5.41, 5.74) is 1.81. The molecule has 0 bridgehead atoms. The zero-order chi connectivity index (χ0) is 19.1. The first-order valence-corrected chi connectivity index (χ1v) is 8.19. The van der Waals surface area contributed by atoms with Crippen LogP contribution >= 0.6 is 0 Å². The van der Waals surface area contributed by atoms with E-state index in [4.69, 9.17) is 9.47 Å². The summed E-state index contributed by atoms with van der Waals surface area (Å²) in [4.78, 5) is 16.2. The van der Waals surface area contributed by atoms with E-state index in [1.54, 1.807) is 56.9 Å². The molecule has 8 heteroatoms. The molecule has 0 radical (unpaired) electrons. The number of methoxy groups -OCH3 is 2. The highest BCUT2D eigenvalue weighted by molar-refractivity contribution is 5.92. The Balaban J connectivity index is 1.66. The third-order valence-corrected chi connectivity index (χ3v) is 3.74. The van der Waals surface area contributed by atoms with E-state index in [1.165, 1.54) is 0 Å². The highest BCUT2D eigenvalue weighted by atomic mass is 16.5. The van der Waals surface area contributed by atoms with Crippen molar-refractivity contribution in [1.29, 1.82) is 0 Å². The number of hydrogen-bond acceptors (Lipinski definition) is 7. The van der Waals surface area contributed by atoms with Crippen LogP contribution in [0.2, 0.25) is 0 Å². The van der Waals surface area contributed by atoms with Crippen LogP contribution in [-0.2, 0) is 6.54 Å². The minimum absolute atomic E-state index is 0.224. The van der Waals surface area contributed by atoms with E-state index in [9.17, 15) is 4.79 Å². The van der Waals surface area contributed by atoms with Crippen LogP contribution < -0.4 is 20.1 Å². The molecule has 2 N–H and O–H groups in total. The maximum Gasteiger partial charge on any atom is 0.272 e. The molecule has 0 saturated carbocycles. The standard InChI is InChI=1S/C19H19N5O3/c1-26-14-5-7-17(27-2)16(10-14)22-18-8-6-15(23-24-18)19(25)21-12-13-4-3-9-20-11-13/h3-11H,12H2,1-2H3,(H,21,25)(H,22,24). The second-order valence-electron chi connectivity index (χ2n) is 5.54. The molecule has 0 aliphatic carbocycles. The number of amides is 1. The van der Waals surface area contributed by atoms with Gasteiger partial charge in [0.1, 0.15) is 11.5 Å². The second-order valence-corrected chi connectivity index (χ2v) is 5.54. The van der Waals surface area contributed by atoms with E-state index in [-0.39, 0.29) is 11.6 Å². The maximum atomic E-state index is 12.2. The number of rotatable bonds is 7. The monoisotopic (exact) mass is 365 g/mol. The summed E-state index contributed by atoms with van der Waals surface area (Å²) >= 11 is 0. The van der Waals surface area contributed by atoms with Crippen molar-refractivity contribution in [1.82, 2.24) is 20.5 Å². The molecular weight excluding hydrogens is 346 g/mol. The number of hydrogen-bond donors (Lipinski definition) is 2. The molecule has 27 heavy (non-hydrogen) atoms. The first-order valence-electron chi connectivity index (χ1n) is 8.19. The van der Waals surface area contributed by atoms with Crippen molar-refractivity contribution >= 4 is 17.4 Å². The number of nitrogens with one attached hydrogen (secondary N) is 2. The molecule has 0 saturated heterocycles. The van der Waals surface area contributed by atoms with Gasteiger partial charge < -0.3 is 20.1 Å². The molecule has 8 nitrogen and oxygen atoms in total. The van der Waals surface area contributed by atoms with E-state index in [2.05, 4.69) is 25.8 Å². The summed E-state index contributed by atoms with van der Waals surface area (Å²) in [6.07, 6.45) is 3.38. The number of benzene rings is 1. The van der Waals surface area contributed by atoms with Gasteiger partial charge in [0.25, 0.3) is 5.91 Å². The number of carbonyl (C=O) groups excluding carboxylic acids is 1. The molecule has 2 aromatic heterocycles. The van der Waals surface area contributed by atoms with Crippen LogP contribution in [0.5, 0.6) is 11.5 Å². The van der Waals surface area contributed by atoms with Crippen LogP contribution in [-0.4, -0.2) is 35.3 Å². The fourth-order valence-corrected chi connectivity index (χ4v) is 2.35. The lowest BCUT2D eigenvalue weighted by Crippen LogP contribution is -2.24. The van der Waals surface area contributed by atoms with Crippen LogP contribution in [0.25, 0.3) is 0 Å². The Labute approximate surface area is 156 Å². The number of anilines is 2. The molecule has 0 unspecified atom stereocenters. The summed E-state index contributed by atoms with van der Waals surface area (Å²) in [5.74, 6) is 1.48. The van der Waals surface area contributed by atoms with Gasteiger partial charge in [0.2, 0.25) is 0 Å². The van der Waals surface area contributed by atoms with Gasteiger partial charge in [-0.2, -0.15) is 0 Å². The van der Waals surface area contributed by atoms with E-state index in [0.29, 0.717) is 29.5 Å². The Morgan fingerprint density at radius 3 is 2.63 bits per heavy atom. The van der Waals surface area contributed by atoms with Gasteiger partial charge in [-0.05, 0) is 35.9 Å². The van der Waals surface area contributed by atoms with Crippen molar-refractivity contribution in [2.75, 3.05) is 19.5 Å². The Kier molecular flexibility index (Phi) is 5.78. The van der Waals surface area contributed by atoms with Crippen LogP contribution in [0.4, 0.5) is 11.5 Å². The van der Waals surface area contributed by atoms with E-state index in [1.807, 2.05) is 12.1 Å². The van der Waals surface area contributed by atoms with Gasteiger partial charge in [-0.3, -0.25) is 9.78 Å².